The minimum atomic E-state index is -1.10. The zero-order chi connectivity index (χ0) is 28.2. The van der Waals surface area contributed by atoms with Crippen LogP contribution in [0.2, 0.25) is 0 Å². The molecule has 0 unspecified atom stereocenters. The first kappa shape index (κ1) is 31.9. The van der Waals surface area contributed by atoms with Crippen molar-refractivity contribution in [2.75, 3.05) is 53.1 Å². The van der Waals surface area contributed by atoms with Crippen molar-refractivity contribution in [1.29, 1.82) is 0 Å². The van der Waals surface area contributed by atoms with Gasteiger partial charge in [0.25, 0.3) is 5.91 Å². The Hall–Kier alpha value is -3.13. The smallest absolute Gasteiger partial charge is 0.481 e. The summed E-state index contributed by atoms with van der Waals surface area (Å²) in [5.74, 6) is -2.54. The van der Waals surface area contributed by atoms with Gasteiger partial charge >= 0.3 is 18.1 Å². The van der Waals surface area contributed by atoms with Gasteiger partial charge in [-0.3, -0.25) is 19.2 Å². The topological polar surface area (TPSA) is 174 Å². The second-order valence-electron chi connectivity index (χ2n) is 10.0. The molecule has 1 rings (SSSR count). The number of carbonyl (C=O) groups is 6. The van der Waals surface area contributed by atoms with E-state index in [1.165, 1.54) is 0 Å². The molecule has 1 heterocycles. The molecule has 0 radical (unpaired) electrons. The average Bonchev–Trinajstić information content (AvgIpc) is 2.75. The summed E-state index contributed by atoms with van der Waals surface area (Å²) in [6.07, 6.45) is -1.17. The van der Waals surface area contributed by atoms with Crippen LogP contribution in [0, 0.1) is 5.41 Å². The molecule has 2 amide bonds. The molecule has 1 aliphatic heterocycles. The van der Waals surface area contributed by atoms with Crippen LogP contribution in [0.15, 0.2) is 12.2 Å². The Morgan fingerprint density at radius 1 is 1.16 bits per heavy atom. The van der Waals surface area contributed by atoms with E-state index in [-0.39, 0.29) is 44.2 Å². The van der Waals surface area contributed by atoms with E-state index in [2.05, 4.69) is 10.6 Å². The Balaban J connectivity index is 2.29. The molecule has 0 spiro atoms. The number of hydrogen-bond acceptors (Lipinski definition) is 10. The maximum Gasteiger partial charge on any atom is 0.509 e. The van der Waals surface area contributed by atoms with E-state index in [4.69, 9.17) is 19.3 Å². The lowest BCUT2D eigenvalue weighted by Crippen LogP contribution is -2.52. The number of esters is 1. The van der Waals surface area contributed by atoms with E-state index in [1.807, 2.05) is 21.1 Å². The molecule has 0 aliphatic carbocycles. The summed E-state index contributed by atoms with van der Waals surface area (Å²) in [5, 5.41) is 13.7. The normalized spacial score (nSPS) is 17.8. The quantitative estimate of drug-likeness (QED) is 0.116. The predicted octanol–water partition coefficient (Wildman–Crippen LogP) is 0.0792. The van der Waals surface area contributed by atoms with Crippen molar-refractivity contribution >= 4 is 46.8 Å². The Morgan fingerprint density at radius 3 is 2.46 bits per heavy atom. The highest BCUT2D eigenvalue weighted by Gasteiger charge is 2.43. The van der Waals surface area contributed by atoms with Gasteiger partial charge in [-0.1, -0.05) is 25.6 Å². The molecule has 1 aliphatic rings. The molecule has 1 saturated heterocycles. The van der Waals surface area contributed by atoms with Crippen LogP contribution >= 0.6 is 11.8 Å². The van der Waals surface area contributed by atoms with E-state index in [0.29, 0.717) is 11.0 Å². The maximum absolute atomic E-state index is 12.3. The van der Waals surface area contributed by atoms with Crippen LogP contribution in [0.5, 0.6) is 0 Å². The Morgan fingerprint density at radius 2 is 1.84 bits per heavy atom. The highest BCUT2D eigenvalue weighted by molar-refractivity contribution is 8.14. The van der Waals surface area contributed by atoms with Gasteiger partial charge in [0.1, 0.15) is 13.2 Å². The van der Waals surface area contributed by atoms with Crippen molar-refractivity contribution < 1.29 is 52.6 Å². The second-order valence-corrected chi connectivity index (χ2v) is 11.1. The number of amides is 2. The molecule has 0 aromatic carbocycles. The van der Waals surface area contributed by atoms with E-state index < -0.39 is 46.7 Å². The van der Waals surface area contributed by atoms with E-state index in [0.717, 1.165) is 23.9 Å². The third kappa shape index (κ3) is 13.7. The standard InChI is InChI=1S/C23H35N3O10S/c1-23(2)14-34-22(33)36-20(23)21(32)25-9-8-16(27)24-10-11-37-19(31)7-6-18(30)35-15(12-17(28)29)13-26(3,4)5/h6-7,15,20H,8-14H2,1-5H3,(H2-,24,25,27,28,29,32)/p+1/b7-6+/t15-,20+/m1/s1. The fourth-order valence-corrected chi connectivity index (χ4v) is 3.75. The van der Waals surface area contributed by atoms with Gasteiger partial charge in [0.15, 0.2) is 12.2 Å². The van der Waals surface area contributed by atoms with Crippen LogP contribution < -0.4 is 10.6 Å². The first-order valence-electron chi connectivity index (χ1n) is 11.5. The molecule has 0 aromatic heterocycles. The third-order valence-corrected chi connectivity index (χ3v) is 5.66. The number of rotatable bonds is 14. The lowest BCUT2D eigenvalue weighted by molar-refractivity contribution is -0.873. The van der Waals surface area contributed by atoms with Crippen molar-refractivity contribution in [3.8, 4) is 0 Å². The molecule has 37 heavy (non-hydrogen) atoms. The van der Waals surface area contributed by atoms with Crippen LogP contribution in [0.3, 0.4) is 0 Å². The number of likely N-dealkylation sites (N-methyl/N-ethyl adjacent to an activating group) is 1. The summed E-state index contributed by atoms with van der Waals surface area (Å²) < 4.78 is 15.3. The van der Waals surface area contributed by atoms with Crippen molar-refractivity contribution in [3.63, 3.8) is 0 Å². The molecule has 3 N–H and O–H groups in total. The Kier molecular flexibility index (Phi) is 12.6. The van der Waals surface area contributed by atoms with E-state index >= 15 is 0 Å². The number of carbonyl (C=O) groups excluding carboxylic acids is 5. The van der Waals surface area contributed by atoms with Crippen molar-refractivity contribution in [2.45, 2.75) is 38.9 Å². The summed E-state index contributed by atoms with van der Waals surface area (Å²) in [4.78, 5) is 70.3. The van der Waals surface area contributed by atoms with Gasteiger partial charge in [0.2, 0.25) is 11.0 Å². The molecule has 0 aromatic rings. The van der Waals surface area contributed by atoms with E-state index in [9.17, 15) is 28.8 Å². The Bertz CT molecular complexity index is 898. The van der Waals surface area contributed by atoms with E-state index in [1.54, 1.807) is 13.8 Å². The highest BCUT2D eigenvalue weighted by Crippen LogP contribution is 2.28. The molecular weight excluding hydrogens is 510 g/mol. The monoisotopic (exact) mass is 546 g/mol. The SMILES string of the molecule is CC1(C)COC(=O)O[C@H]1C(=O)NCCC(=O)NCCSC(=O)/C=C/C(=O)O[C@H](CC(=O)O)C[N+](C)(C)C. The third-order valence-electron chi connectivity index (χ3n) is 4.84. The number of thioether (sulfide) groups is 1. The fraction of sp³-hybridized carbons (Fsp3) is 0.652. The van der Waals surface area contributed by atoms with Gasteiger partial charge in [-0.25, -0.2) is 9.59 Å². The number of carboxylic acids is 1. The summed E-state index contributed by atoms with van der Waals surface area (Å²) in [6, 6.07) is 0. The van der Waals surface area contributed by atoms with Crippen LogP contribution in [-0.4, -0.2) is 110 Å². The number of ether oxygens (including phenoxy) is 3. The van der Waals surface area contributed by atoms with Gasteiger partial charge in [-0.15, -0.1) is 0 Å². The molecule has 0 saturated carbocycles. The lowest BCUT2D eigenvalue weighted by Gasteiger charge is -2.35. The van der Waals surface area contributed by atoms with Crippen molar-refractivity contribution in [1.82, 2.24) is 10.6 Å². The van der Waals surface area contributed by atoms with Crippen molar-refractivity contribution in [2.24, 2.45) is 5.41 Å². The molecule has 14 heteroatoms. The van der Waals surface area contributed by atoms with Crippen LogP contribution in [0.1, 0.15) is 26.7 Å². The summed E-state index contributed by atoms with van der Waals surface area (Å²) in [6.45, 7) is 3.98. The van der Waals surface area contributed by atoms with Crippen LogP contribution in [0.25, 0.3) is 0 Å². The number of nitrogens with zero attached hydrogens (tertiary/aromatic N) is 1. The lowest BCUT2D eigenvalue weighted by atomic mass is 9.86. The Labute approximate surface area is 219 Å². The molecule has 208 valence electrons. The minimum absolute atomic E-state index is 0.0154. The minimum Gasteiger partial charge on any atom is -0.481 e. The van der Waals surface area contributed by atoms with Gasteiger partial charge < -0.3 is 34.4 Å². The molecular formula is C23H36N3O10S+. The number of carboxylic acid groups (broad SMARTS) is 1. The number of hydrogen-bond donors (Lipinski definition) is 3. The number of cyclic esters (lactones) is 2. The maximum atomic E-state index is 12.3. The molecule has 2 atom stereocenters. The van der Waals surface area contributed by atoms with Crippen LogP contribution in [-0.2, 0) is 38.2 Å². The first-order valence-corrected chi connectivity index (χ1v) is 12.5. The predicted molar refractivity (Wildman–Crippen MR) is 132 cm³/mol. The van der Waals surface area contributed by atoms with Gasteiger partial charge in [0, 0.05) is 36.8 Å². The van der Waals surface area contributed by atoms with Gasteiger partial charge in [-0.05, 0) is 6.08 Å². The van der Waals surface area contributed by atoms with Crippen LogP contribution in [0.4, 0.5) is 4.79 Å². The molecule has 13 nitrogen and oxygen atoms in total. The summed E-state index contributed by atoms with van der Waals surface area (Å²) in [7, 11) is 5.50. The van der Waals surface area contributed by atoms with Gasteiger partial charge in [0.05, 0.1) is 27.6 Å². The fourth-order valence-electron chi connectivity index (χ4n) is 3.18. The second kappa shape index (κ2) is 14.6. The highest BCUT2D eigenvalue weighted by atomic mass is 32.2. The molecule has 1 fully saturated rings. The zero-order valence-corrected chi connectivity index (χ0v) is 22.6. The largest absolute Gasteiger partial charge is 0.509 e. The van der Waals surface area contributed by atoms with Crippen molar-refractivity contribution in [3.05, 3.63) is 12.2 Å². The number of nitrogens with one attached hydrogen (secondary N) is 2. The number of quaternary nitrogens is 1. The average molecular weight is 547 g/mol. The number of aliphatic carboxylic acids is 1. The molecule has 0 bridgehead atoms. The summed E-state index contributed by atoms with van der Waals surface area (Å²) in [5.41, 5.74) is -0.707. The summed E-state index contributed by atoms with van der Waals surface area (Å²) >= 11 is 0.872. The van der Waals surface area contributed by atoms with Gasteiger partial charge in [-0.2, -0.15) is 0 Å². The zero-order valence-electron chi connectivity index (χ0n) is 21.7. The first-order chi connectivity index (χ1) is 17.1.